The molecular weight excluding hydrogens is 408 g/mol. The van der Waals surface area contributed by atoms with E-state index >= 15 is 0 Å². The average molecular weight is 441 g/mol. The first-order valence-corrected chi connectivity index (χ1v) is 12.2. The summed E-state index contributed by atoms with van der Waals surface area (Å²) in [6, 6.07) is 17.0. The second kappa shape index (κ2) is 10.3. The molecule has 0 radical (unpaired) electrons. The minimum absolute atomic E-state index is 0.0725. The number of nitrogens with zero attached hydrogens (tertiary/aromatic N) is 2. The second-order valence-corrected chi connectivity index (χ2v) is 10.0. The largest absolute Gasteiger partial charge is 0.324 e. The third-order valence-electron chi connectivity index (χ3n) is 5.51. The number of piperidine rings is 1. The molecule has 0 aliphatic carbocycles. The van der Waals surface area contributed by atoms with E-state index in [-0.39, 0.29) is 12.1 Å². The van der Waals surface area contributed by atoms with E-state index in [1.807, 2.05) is 38.1 Å². The van der Waals surface area contributed by atoms with Crippen molar-refractivity contribution in [2.45, 2.75) is 50.1 Å². The number of pyridine rings is 1. The highest BCUT2D eigenvalue weighted by Gasteiger charge is 2.25. The molecule has 166 valence electrons. The molecule has 4 rings (SSSR count). The number of rotatable bonds is 4. The molecule has 4 N–H and O–H groups in total. The van der Waals surface area contributed by atoms with E-state index in [4.69, 9.17) is 11.5 Å². The van der Waals surface area contributed by atoms with Crippen LogP contribution in [0.15, 0.2) is 65.7 Å². The summed E-state index contributed by atoms with van der Waals surface area (Å²) < 4.78 is 26.3. The number of fused-ring (bicyclic) bond motifs is 1. The summed E-state index contributed by atoms with van der Waals surface area (Å²) >= 11 is 0. The third kappa shape index (κ3) is 5.89. The Kier molecular flexibility index (Phi) is 7.78. The second-order valence-electron chi connectivity index (χ2n) is 8.07. The molecule has 6 nitrogen and oxygen atoms in total. The van der Waals surface area contributed by atoms with Crippen molar-refractivity contribution in [3.8, 4) is 0 Å². The first kappa shape index (κ1) is 23.3. The van der Waals surface area contributed by atoms with E-state index in [2.05, 4.69) is 11.1 Å². The van der Waals surface area contributed by atoms with Crippen LogP contribution in [-0.2, 0) is 10.0 Å². The standard InChI is InChI=1S/C13H20N2O2S.C11H12N2/c1-11(14)12-5-7-13(8-6-12)18(16,17)15-9-3-2-4-10-15;1-8(12)9-4-5-11-10(7-9)3-2-6-13-11/h5-8,11H,2-4,9-10,14H2,1H3;2-8H,12H2,1H3. The van der Waals surface area contributed by atoms with Crippen LogP contribution in [0.5, 0.6) is 0 Å². The summed E-state index contributed by atoms with van der Waals surface area (Å²) in [4.78, 5) is 4.61. The molecule has 1 aliphatic heterocycles. The van der Waals surface area contributed by atoms with E-state index in [1.165, 1.54) is 0 Å². The lowest BCUT2D eigenvalue weighted by Crippen LogP contribution is -2.35. The van der Waals surface area contributed by atoms with Gasteiger partial charge in [-0.3, -0.25) is 4.98 Å². The molecule has 0 spiro atoms. The van der Waals surface area contributed by atoms with Gasteiger partial charge in [0.2, 0.25) is 10.0 Å². The van der Waals surface area contributed by atoms with Crippen LogP contribution in [0.4, 0.5) is 0 Å². The Morgan fingerprint density at radius 3 is 2.10 bits per heavy atom. The van der Waals surface area contributed by atoms with Crippen molar-refractivity contribution < 1.29 is 8.42 Å². The van der Waals surface area contributed by atoms with Gasteiger partial charge in [0.05, 0.1) is 10.4 Å². The highest BCUT2D eigenvalue weighted by molar-refractivity contribution is 7.89. The van der Waals surface area contributed by atoms with Gasteiger partial charge in [0.25, 0.3) is 0 Å². The average Bonchev–Trinajstić information content (AvgIpc) is 2.79. The van der Waals surface area contributed by atoms with Crippen molar-refractivity contribution in [2.24, 2.45) is 11.5 Å². The predicted octanol–water partition coefficient (Wildman–Crippen LogP) is 4.14. The molecule has 0 saturated carbocycles. The third-order valence-corrected chi connectivity index (χ3v) is 7.42. The van der Waals surface area contributed by atoms with Crippen LogP contribution >= 0.6 is 0 Å². The van der Waals surface area contributed by atoms with Gasteiger partial charge in [0.15, 0.2) is 0 Å². The number of sulfonamides is 1. The maximum atomic E-state index is 12.4. The topological polar surface area (TPSA) is 102 Å². The first-order valence-electron chi connectivity index (χ1n) is 10.7. The van der Waals surface area contributed by atoms with Crippen molar-refractivity contribution in [3.63, 3.8) is 0 Å². The molecule has 7 heteroatoms. The molecule has 2 aromatic carbocycles. The number of hydrogen-bond acceptors (Lipinski definition) is 5. The molecule has 1 saturated heterocycles. The van der Waals surface area contributed by atoms with Crippen LogP contribution in [0.25, 0.3) is 10.9 Å². The van der Waals surface area contributed by atoms with Crippen molar-refractivity contribution in [3.05, 3.63) is 71.9 Å². The molecule has 2 heterocycles. The molecule has 31 heavy (non-hydrogen) atoms. The SMILES string of the molecule is CC(N)c1ccc(S(=O)(=O)N2CCCCC2)cc1.CC(N)c1ccc2ncccc2c1. The van der Waals surface area contributed by atoms with Gasteiger partial charge in [0, 0.05) is 36.8 Å². The van der Waals surface area contributed by atoms with Crippen molar-refractivity contribution in [1.29, 1.82) is 0 Å². The lowest BCUT2D eigenvalue weighted by atomic mass is 10.1. The van der Waals surface area contributed by atoms with Crippen LogP contribution in [0.1, 0.15) is 56.3 Å². The summed E-state index contributed by atoms with van der Waals surface area (Å²) in [5.41, 5.74) is 14.7. The maximum absolute atomic E-state index is 12.4. The van der Waals surface area contributed by atoms with E-state index in [9.17, 15) is 8.42 Å². The summed E-state index contributed by atoms with van der Waals surface area (Å²) in [7, 11) is -3.31. The zero-order valence-corrected chi connectivity index (χ0v) is 19.1. The van der Waals surface area contributed by atoms with E-state index < -0.39 is 10.0 Å². The molecule has 2 atom stereocenters. The Balaban J connectivity index is 0.000000185. The van der Waals surface area contributed by atoms with E-state index in [1.54, 1.807) is 34.8 Å². The predicted molar refractivity (Wildman–Crippen MR) is 126 cm³/mol. The molecule has 2 unspecified atom stereocenters. The van der Waals surface area contributed by atoms with Gasteiger partial charge in [-0.2, -0.15) is 4.31 Å². The molecule has 1 fully saturated rings. The van der Waals surface area contributed by atoms with Gasteiger partial charge in [-0.1, -0.05) is 30.7 Å². The van der Waals surface area contributed by atoms with Gasteiger partial charge in [0.1, 0.15) is 0 Å². The molecule has 3 aromatic rings. The Morgan fingerprint density at radius 2 is 1.48 bits per heavy atom. The number of aromatic nitrogens is 1. The lowest BCUT2D eigenvalue weighted by molar-refractivity contribution is 0.346. The lowest BCUT2D eigenvalue weighted by Gasteiger charge is -2.26. The van der Waals surface area contributed by atoms with Gasteiger partial charge >= 0.3 is 0 Å². The highest BCUT2D eigenvalue weighted by Crippen LogP contribution is 2.22. The fourth-order valence-electron chi connectivity index (χ4n) is 3.58. The minimum atomic E-state index is -3.31. The fraction of sp³-hybridized carbons (Fsp3) is 0.375. The molecular formula is C24H32N4O2S. The minimum Gasteiger partial charge on any atom is -0.324 e. The Hall–Kier alpha value is -2.32. The summed E-state index contributed by atoms with van der Waals surface area (Å²) in [5.74, 6) is 0. The first-order chi connectivity index (χ1) is 14.8. The van der Waals surface area contributed by atoms with Gasteiger partial charge in [-0.25, -0.2) is 8.42 Å². The molecule has 1 aliphatic rings. The molecule has 0 amide bonds. The van der Waals surface area contributed by atoms with E-state index in [0.717, 1.165) is 41.3 Å². The normalized spacial score (nSPS) is 16.9. The van der Waals surface area contributed by atoms with Crippen molar-refractivity contribution in [2.75, 3.05) is 13.1 Å². The van der Waals surface area contributed by atoms with Crippen molar-refractivity contribution >= 4 is 20.9 Å². The van der Waals surface area contributed by atoms with Gasteiger partial charge < -0.3 is 11.5 Å². The smallest absolute Gasteiger partial charge is 0.243 e. The number of hydrogen-bond donors (Lipinski definition) is 2. The van der Waals surface area contributed by atoms with Crippen LogP contribution in [-0.4, -0.2) is 30.8 Å². The Bertz CT molecular complexity index is 1090. The highest BCUT2D eigenvalue weighted by atomic mass is 32.2. The maximum Gasteiger partial charge on any atom is 0.243 e. The van der Waals surface area contributed by atoms with Crippen LogP contribution in [0.3, 0.4) is 0 Å². The van der Waals surface area contributed by atoms with Crippen LogP contribution < -0.4 is 11.5 Å². The Morgan fingerprint density at radius 1 is 0.871 bits per heavy atom. The number of benzene rings is 2. The van der Waals surface area contributed by atoms with Gasteiger partial charge in [-0.05, 0) is 68.1 Å². The zero-order chi connectivity index (χ0) is 22.4. The fourth-order valence-corrected chi connectivity index (χ4v) is 5.09. The summed E-state index contributed by atoms with van der Waals surface area (Å²) in [6.07, 6.45) is 4.83. The summed E-state index contributed by atoms with van der Waals surface area (Å²) in [5, 5.41) is 1.15. The van der Waals surface area contributed by atoms with Crippen LogP contribution in [0.2, 0.25) is 0 Å². The zero-order valence-electron chi connectivity index (χ0n) is 18.2. The van der Waals surface area contributed by atoms with Crippen LogP contribution in [0, 0.1) is 0 Å². The van der Waals surface area contributed by atoms with Crippen molar-refractivity contribution in [1.82, 2.24) is 9.29 Å². The Labute approximate surface area is 185 Å². The number of nitrogens with two attached hydrogens (primary N) is 2. The molecule has 1 aromatic heterocycles. The molecule has 0 bridgehead atoms. The quantitative estimate of drug-likeness (QED) is 0.635. The summed E-state index contributed by atoms with van der Waals surface area (Å²) in [6.45, 7) is 5.14. The van der Waals surface area contributed by atoms with Gasteiger partial charge in [-0.15, -0.1) is 0 Å². The van der Waals surface area contributed by atoms with E-state index in [0.29, 0.717) is 18.0 Å². The monoisotopic (exact) mass is 440 g/mol.